The van der Waals surface area contributed by atoms with Gasteiger partial charge < -0.3 is 0 Å². The van der Waals surface area contributed by atoms with E-state index in [1.165, 1.54) is 89.0 Å². The molecule has 0 N–H and O–H groups in total. The van der Waals surface area contributed by atoms with E-state index in [1.807, 2.05) is 0 Å². The SMILES string of the molecule is c1ccc(-c2cc(-c3ccccc3)cc(-c3ccc4c(c3)-c3cc(-c5cc(-c6ccccc6)cc(-c6ccccc6)c5)ccc3C4)c2)cc1. The van der Waals surface area contributed by atoms with Gasteiger partial charge in [-0.3, -0.25) is 0 Å². The molecular formula is C49H34. The van der Waals surface area contributed by atoms with Gasteiger partial charge in [0.1, 0.15) is 0 Å². The minimum Gasteiger partial charge on any atom is -0.0622 e. The van der Waals surface area contributed by atoms with E-state index in [-0.39, 0.29) is 0 Å². The summed E-state index contributed by atoms with van der Waals surface area (Å²) >= 11 is 0. The lowest BCUT2D eigenvalue weighted by atomic mass is 9.91. The smallest absolute Gasteiger partial charge is 0.00134 e. The summed E-state index contributed by atoms with van der Waals surface area (Å²) in [6.07, 6.45) is 0.962. The molecule has 0 heterocycles. The fourth-order valence-electron chi connectivity index (χ4n) is 7.30. The van der Waals surface area contributed by atoms with Gasteiger partial charge in [-0.1, -0.05) is 146 Å². The molecule has 8 aromatic carbocycles. The van der Waals surface area contributed by atoms with E-state index in [1.54, 1.807) is 0 Å². The molecule has 0 nitrogen and oxygen atoms in total. The van der Waals surface area contributed by atoms with Gasteiger partial charge in [0.2, 0.25) is 0 Å². The highest BCUT2D eigenvalue weighted by molar-refractivity contribution is 5.88. The third-order valence-electron chi connectivity index (χ3n) is 9.85. The maximum atomic E-state index is 2.42. The Morgan fingerprint density at radius 3 is 0.755 bits per heavy atom. The zero-order valence-corrected chi connectivity index (χ0v) is 27.2. The lowest BCUT2D eigenvalue weighted by Gasteiger charge is -2.13. The molecule has 0 saturated carbocycles. The van der Waals surface area contributed by atoms with E-state index >= 15 is 0 Å². The maximum absolute atomic E-state index is 2.42. The van der Waals surface area contributed by atoms with E-state index in [0.717, 1.165) is 6.42 Å². The Labute approximate surface area is 288 Å². The fourth-order valence-corrected chi connectivity index (χ4v) is 7.30. The van der Waals surface area contributed by atoms with Crippen molar-refractivity contribution in [1.82, 2.24) is 0 Å². The second-order valence-corrected chi connectivity index (χ2v) is 13.0. The number of rotatable bonds is 6. The molecule has 230 valence electrons. The molecule has 0 bridgehead atoms. The molecule has 0 unspecified atom stereocenters. The second kappa shape index (κ2) is 12.4. The Morgan fingerprint density at radius 2 is 0.469 bits per heavy atom. The van der Waals surface area contributed by atoms with Crippen LogP contribution in [0.5, 0.6) is 0 Å². The van der Waals surface area contributed by atoms with Gasteiger partial charge in [0.25, 0.3) is 0 Å². The summed E-state index contributed by atoms with van der Waals surface area (Å²) in [6, 6.07) is 71.0. The Morgan fingerprint density at radius 1 is 0.204 bits per heavy atom. The summed E-state index contributed by atoms with van der Waals surface area (Å²) in [6.45, 7) is 0. The molecule has 0 radical (unpaired) electrons. The van der Waals surface area contributed by atoms with Crippen LogP contribution in [0.4, 0.5) is 0 Å². The van der Waals surface area contributed by atoms with Crippen LogP contribution in [0.1, 0.15) is 11.1 Å². The van der Waals surface area contributed by atoms with Gasteiger partial charge in [-0.25, -0.2) is 0 Å². The van der Waals surface area contributed by atoms with Crippen molar-refractivity contribution < 1.29 is 0 Å². The minimum atomic E-state index is 0.962. The van der Waals surface area contributed by atoms with Crippen molar-refractivity contribution >= 4 is 0 Å². The van der Waals surface area contributed by atoms with Gasteiger partial charge in [0.05, 0.1) is 0 Å². The van der Waals surface area contributed by atoms with Gasteiger partial charge in [-0.15, -0.1) is 0 Å². The van der Waals surface area contributed by atoms with E-state index in [2.05, 4.69) is 194 Å². The van der Waals surface area contributed by atoms with Crippen LogP contribution in [-0.4, -0.2) is 0 Å². The van der Waals surface area contributed by atoms with E-state index < -0.39 is 0 Å². The number of benzene rings is 8. The average molecular weight is 623 g/mol. The lowest BCUT2D eigenvalue weighted by Crippen LogP contribution is -1.88. The zero-order valence-electron chi connectivity index (χ0n) is 27.2. The third-order valence-corrected chi connectivity index (χ3v) is 9.85. The quantitative estimate of drug-likeness (QED) is 0.173. The molecule has 0 spiro atoms. The first kappa shape index (κ1) is 28.9. The predicted octanol–water partition coefficient (Wildman–Crippen LogP) is 13.3. The van der Waals surface area contributed by atoms with Crippen LogP contribution in [0.3, 0.4) is 0 Å². The summed E-state index contributed by atoms with van der Waals surface area (Å²) < 4.78 is 0. The van der Waals surface area contributed by atoms with Crippen molar-refractivity contribution in [3.05, 3.63) is 205 Å². The molecule has 49 heavy (non-hydrogen) atoms. The van der Waals surface area contributed by atoms with Crippen LogP contribution in [0.15, 0.2) is 194 Å². The summed E-state index contributed by atoms with van der Waals surface area (Å²) in [5.74, 6) is 0. The fraction of sp³-hybridized carbons (Fsp3) is 0.0204. The predicted molar refractivity (Wildman–Crippen MR) is 207 cm³/mol. The molecule has 0 aliphatic heterocycles. The van der Waals surface area contributed by atoms with Crippen LogP contribution in [0.25, 0.3) is 77.9 Å². The minimum absolute atomic E-state index is 0.962. The third kappa shape index (κ3) is 5.69. The highest BCUT2D eigenvalue weighted by atomic mass is 14.2. The van der Waals surface area contributed by atoms with Crippen molar-refractivity contribution in [2.75, 3.05) is 0 Å². The first-order valence-electron chi connectivity index (χ1n) is 17.0. The van der Waals surface area contributed by atoms with Crippen molar-refractivity contribution in [3.63, 3.8) is 0 Å². The molecule has 0 amide bonds. The highest BCUT2D eigenvalue weighted by Gasteiger charge is 2.21. The molecule has 1 aliphatic rings. The number of fused-ring (bicyclic) bond motifs is 3. The average Bonchev–Trinajstić information content (AvgIpc) is 3.56. The second-order valence-electron chi connectivity index (χ2n) is 13.0. The van der Waals surface area contributed by atoms with Crippen LogP contribution >= 0.6 is 0 Å². The van der Waals surface area contributed by atoms with E-state index in [4.69, 9.17) is 0 Å². The summed E-state index contributed by atoms with van der Waals surface area (Å²) in [7, 11) is 0. The Bertz CT molecular complexity index is 2130. The Kier molecular flexibility index (Phi) is 7.33. The first-order chi connectivity index (χ1) is 24.2. The first-order valence-corrected chi connectivity index (χ1v) is 17.0. The van der Waals surface area contributed by atoms with Gasteiger partial charge in [-0.2, -0.15) is 0 Å². The summed E-state index contributed by atoms with van der Waals surface area (Å²) in [5, 5.41) is 0. The molecule has 0 atom stereocenters. The van der Waals surface area contributed by atoms with Crippen molar-refractivity contribution in [2.45, 2.75) is 6.42 Å². The highest BCUT2D eigenvalue weighted by Crippen LogP contribution is 2.43. The van der Waals surface area contributed by atoms with Gasteiger partial charge in [0, 0.05) is 0 Å². The maximum Gasteiger partial charge on any atom is -0.00134 e. The standard InChI is InChI=1S/C49H34/c1-5-13-34(14-6-1)42-26-43(35-15-7-2-8-16-35)29-46(28-42)38-21-23-40-25-41-24-22-39(33-49(41)48(40)32-38)47-30-44(36-17-9-3-10-18-36)27-45(31-47)37-19-11-4-12-20-37/h1-24,26-33H,25H2. The Hall–Kier alpha value is -6.24. The molecule has 9 rings (SSSR count). The van der Waals surface area contributed by atoms with Crippen molar-refractivity contribution in [1.29, 1.82) is 0 Å². The molecule has 0 fully saturated rings. The molecule has 1 aliphatic carbocycles. The van der Waals surface area contributed by atoms with E-state index in [9.17, 15) is 0 Å². The van der Waals surface area contributed by atoms with Crippen LogP contribution < -0.4 is 0 Å². The molecule has 0 saturated heterocycles. The molecular weight excluding hydrogens is 589 g/mol. The topological polar surface area (TPSA) is 0 Å². The number of hydrogen-bond donors (Lipinski definition) is 0. The van der Waals surface area contributed by atoms with Gasteiger partial charge >= 0.3 is 0 Å². The monoisotopic (exact) mass is 622 g/mol. The van der Waals surface area contributed by atoms with Gasteiger partial charge in [-0.05, 0) is 144 Å². The zero-order chi connectivity index (χ0) is 32.6. The lowest BCUT2D eigenvalue weighted by molar-refractivity contribution is 1.26. The van der Waals surface area contributed by atoms with Crippen LogP contribution in [0, 0.1) is 0 Å². The van der Waals surface area contributed by atoms with Gasteiger partial charge in [0.15, 0.2) is 0 Å². The number of hydrogen-bond acceptors (Lipinski definition) is 0. The normalized spacial score (nSPS) is 11.6. The van der Waals surface area contributed by atoms with Crippen molar-refractivity contribution in [2.24, 2.45) is 0 Å². The van der Waals surface area contributed by atoms with Crippen LogP contribution in [0.2, 0.25) is 0 Å². The molecule has 0 aromatic heterocycles. The summed E-state index contributed by atoms with van der Waals surface area (Å²) in [5.41, 5.74) is 20.2. The molecule has 8 aromatic rings. The molecule has 0 heteroatoms. The Balaban J connectivity index is 1.15. The summed E-state index contributed by atoms with van der Waals surface area (Å²) in [4.78, 5) is 0. The largest absolute Gasteiger partial charge is 0.0622 e. The van der Waals surface area contributed by atoms with Crippen molar-refractivity contribution in [3.8, 4) is 77.9 Å². The van der Waals surface area contributed by atoms with Crippen LogP contribution in [-0.2, 0) is 6.42 Å². The van der Waals surface area contributed by atoms with E-state index in [0.29, 0.717) is 0 Å².